The maximum Gasteiger partial charge on any atom is 0.319 e. The van der Waals surface area contributed by atoms with Gasteiger partial charge in [0.1, 0.15) is 6.10 Å². The molecule has 1 aromatic carbocycles. The summed E-state index contributed by atoms with van der Waals surface area (Å²) in [7, 11) is 0. The number of carbonyl (C=O) groups excluding carboxylic acids is 2. The number of carbonyl (C=O) groups is 2. The molecule has 0 saturated carbocycles. The van der Waals surface area contributed by atoms with Crippen LogP contribution in [-0.4, -0.2) is 49.9 Å². The summed E-state index contributed by atoms with van der Waals surface area (Å²) in [4.78, 5) is 24.1. The van der Waals surface area contributed by atoms with Crippen LogP contribution in [-0.2, 0) is 14.3 Å². The summed E-state index contributed by atoms with van der Waals surface area (Å²) in [5.74, 6) is -0.170. The Bertz CT molecular complexity index is 622. The van der Waals surface area contributed by atoms with Crippen LogP contribution in [0.4, 0.5) is 16.2 Å². The van der Waals surface area contributed by atoms with E-state index < -0.39 is 6.10 Å². The first kappa shape index (κ1) is 21.4. The van der Waals surface area contributed by atoms with Crippen molar-refractivity contribution in [2.45, 2.75) is 44.0 Å². The van der Waals surface area contributed by atoms with Crippen molar-refractivity contribution in [3.63, 3.8) is 0 Å². The SMILES string of the molecule is Cl.NC[C@H]1CC[C@@H](C(=O)Nc2ccc(NC(=O)NCC3CCCO3)cc2)O1. The molecular formula is C18H27ClN4O4. The van der Waals surface area contributed by atoms with E-state index in [4.69, 9.17) is 15.2 Å². The van der Waals surface area contributed by atoms with Crippen molar-refractivity contribution in [2.24, 2.45) is 5.73 Å². The lowest BCUT2D eigenvalue weighted by Crippen LogP contribution is -2.35. The van der Waals surface area contributed by atoms with Gasteiger partial charge >= 0.3 is 6.03 Å². The Morgan fingerprint density at radius 2 is 1.74 bits per heavy atom. The van der Waals surface area contributed by atoms with Crippen LogP contribution in [0.2, 0.25) is 0 Å². The summed E-state index contributed by atoms with van der Waals surface area (Å²) < 4.78 is 11.0. The topological polar surface area (TPSA) is 115 Å². The lowest BCUT2D eigenvalue weighted by Gasteiger charge is -2.14. The second-order valence-electron chi connectivity index (χ2n) is 6.60. The minimum Gasteiger partial charge on any atom is -0.376 e. The van der Waals surface area contributed by atoms with Crippen molar-refractivity contribution in [3.05, 3.63) is 24.3 Å². The van der Waals surface area contributed by atoms with E-state index in [1.54, 1.807) is 24.3 Å². The zero-order valence-corrected chi connectivity index (χ0v) is 15.9. The van der Waals surface area contributed by atoms with Crippen molar-refractivity contribution in [1.82, 2.24) is 5.32 Å². The first-order chi connectivity index (χ1) is 12.6. The minimum absolute atomic E-state index is 0. The quantitative estimate of drug-likeness (QED) is 0.583. The van der Waals surface area contributed by atoms with Gasteiger partial charge in [0, 0.05) is 31.1 Å². The number of halogens is 1. The number of amides is 3. The second-order valence-corrected chi connectivity index (χ2v) is 6.60. The zero-order chi connectivity index (χ0) is 18.4. The number of ether oxygens (including phenoxy) is 2. The Morgan fingerprint density at radius 3 is 2.33 bits per heavy atom. The highest BCUT2D eigenvalue weighted by Crippen LogP contribution is 2.21. The van der Waals surface area contributed by atoms with E-state index in [1.165, 1.54) is 0 Å². The zero-order valence-electron chi connectivity index (χ0n) is 15.1. The van der Waals surface area contributed by atoms with Gasteiger partial charge < -0.3 is 31.2 Å². The molecule has 9 heteroatoms. The molecular weight excluding hydrogens is 372 g/mol. The van der Waals surface area contributed by atoms with Crippen molar-refractivity contribution in [2.75, 3.05) is 30.3 Å². The summed E-state index contributed by atoms with van der Waals surface area (Å²) in [6.45, 7) is 1.70. The minimum atomic E-state index is -0.454. The normalized spacial score (nSPS) is 24.1. The van der Waals surface area contributed by atoms with Gasteiger partial charge in [-0.1, -0.05) is 0 Å². The van der Waals surface area contributed by atoms with Gasteiger partial charge in [0.25, 0.3) is 5.91 Å². The molecule has 3 rings (SSSR count). The number of hydrogen-bond donors (Lipinski definition) is 4. The summed E-state index contributed by atoms with van der Waals surface area (Å²) in [5, 5.41) is 8.37. The first-order valence-electron chi connectivity index (χ1n) is 9.07. The molecule has 2 fully saturated rings. The Labute approximate surface area is 164 Å². The molecule has 2 saturated heterocycles. The Morgan fingerprint density at radius 1 is 1.04 bits per heavy atom. The molecule has 0 aromatic heterocycles. The Balaban J connectivity index is 0.00000261. The van der Waals surface area contributed by atoms with Crippen molar-refractivity contribution in [3.8, 4) is 0 Å². The maximum atomic E-state index is 12.2. The summed E-state index contributed by atoms with van der Waals surface area (Å²) >= 11 is 0. The van der Waals surface area contributed by atoms with E-state index in [9.17, 15) is 9.59 Å². The summed E-state index contributed by atoms with van der Waals surface area (Å²) in [5.41, 5.74) is 6.86. The van der Waals surface area contributed by atoms with E-state index in [0.717, 1.165) is 25.9 Å². The molecule has 0 aliphatic carbocycles. The van der Waals surface area contributed by atoms with Gasteiger partial charge in [0.2, 0.25) is 0 Å². The number of nitrogens with two attached hydrogens (primary N) is 1. The Hall–Kier alpha value is -1.87. The standard InChI is InChI=1S/C18H26N4O4.ClH/c19-10-14-7-8-16(26-14)17(23)21-12-3-5-13(6-4-12)22-18(24)20-11-15-2-1-9-25-15;/h3-6,14-16H,1-2,7-11,19H2,(H,21,23)(H2,20,22,24);1H/t14-,15?,16+;/m1./s1. The second kappa shape index (κ2) is 10.5. The number of hydrogen-bond acceptors (Lipinski definition) is 5. The molecule has 0 spiro atoms. The lowest BCUT2D eigenvalue weighted by molar-refractivity contribution is -0.126. The smallest absolute Gasteiger partial charge is 0.319 e. The predicted octanol–water partition coefficient (Wildman–Crippen LogP) is 1.85. The molecule has 2 aliphatic rings. The highest BCUT2D eigenvalue weighted by Gasteiger charge is 2.29. The molecule has 2 aliphatic heterocycles. The van der Waals surface area contributed by atoms with Crippen LogP contribution in [0.1, 0.15) is 25.7 Å². The van der Waals surface area contributed by atoms with Crippen molar-refractivity contribution >= 4 is 35.7 Å². The number of urea groups is 1. The van der Waals surface area contributed by atoms with Gasteiger partial charge in [0.15, 0.2) is 0 Å². The average Bonchev–Trinajstić information content (AvgIpc) is 3.33. The number of anilines is 2. The first-order valence-corrected chi connectivity index (χ1v) is 9.07. The lowest BCUT2D eigenvalue weighted by atomic mass is 10.2. The molecule has 150 valence electrons. The number of benzene rings is 1. The van der Waals surface area contributed by atoms with Gasteiger partial charge in [-0.15, -0.1) is 12.4 Å². The monoisotopic (exact) mass is 398 g/mol. The molecule has 3 amide bonds. The van der Waals surface area contributed by atoms with Gasteiger partial charge in [0.05, 0.1) is 12.2 Å². The molecule has 1 unspecified atom stereocenters. The predicted molar refractivity (Wildman–Crippen MR) is 105 cm³/mol. The van der Waals surface area contributed by atoms with E-state index in [2.05, 4.69) is 16.0 Å². The van der Waals surface area contributed by atoms with Crippen LogP contribution in [0.25, 0.3) is 0 Å². The third-order valence-corrected chi connectivity index (χ3v) is 4.59. The molecule has 0 bridgehead atoms. The van der Waals surface area contributed by atoms with Crippen LogP contribution in [0.3, 0.4) is 0 Å². The van der Waals surface area contributed by atoms with Gasteiger partial charge in [-0.05, 0) is 49.9 Å². The van der Waals surface area contributed by atoms with Crippen LogP contribution < -0.4 is 21.7 Å². The molecule has 0 radical (unpaired) electrons. The van der Waals surface area contributed by atoms with Gasteiger partial charge in [-0.3, -0.25) is 4.79 Å². The fraction of sp³-hybridized carbons (Fsp3) is 0.556. The highest BCUT2D eigenvalue weighted by molar-refractivity contribution is 5.95. The molecule has 27 heavy (non-hydrogen) atoms. The van der Waals surface area contributed by atoms with Crippen LogP contribution >= 0.6 is 12.4 Å². The molecule has 5 N–H and O–H groups in total. The number of nitrogens with one attached hydrogen (secondary N) is 3. The van der Waals surface area contributed by atoms with Crippen LogP contribution in [0.5, 0.6) is 0 Å². The van der Waals surface area contributed by atoms with E-state index in [-0.39, 0.29) is 36.6 Å². The van der Waals surface area contributed by atoms with Crippen LogP contribution in [0, 0.1) is 0 Å². The van der Waals surface area contributed by atoms with E-state index in [0.29, 0.717) is 30.9 Å². The van der Waals surface area contributed by atoms with Crippen molar-refractivity contribution < 1.29 is 19.1 Å². The van der Waals surface area contributed by atoms with E-state index in [1.807, 2.05) is 0 Å². The average molecular weight is 399 g/mol. The fourth-order valence-corrected chi connectivity index (χ4v) is 3.12. The maximum absolute atomic E-state index is 12.2. The summed E-state index contributed by atoms with van der Waals surface area (Å²) in [6, 6.07) is 6.68. The molecule has 8 nitrogen and oxygen atoms in total. The molecule has 3 atom stereocenters. The van der Waals surface area contributed by atoms with Gasteiger partial charge in [-0.2, -0.15) is 0 Å². The van der Waals surface area contributed by atoms with Crippen molar-refractivity contribution in [1.29, 1.82) is 0 Å². The third kappa shape index (κ3) is 6.35. The fourth-order valence-electron chi connectivity index (χ4n) is 3.12. The van der Waals surface area contributed by atoms with Crippen LogP contribution in [0.15, 0.2) is 24.3 Å². The van der Waals surface area contributed by atoms with E-state index >= 15 is 0 Å². The van der Waals surface area contributed by atoms with Gasteiger partial charge in [-0.25, -0.2) is 4.79 Å². The largest absolute Gasteiger partial charge is 0.376 e. The molecule has 2 heterocycles. The number of rotatable bonds is 6. The molecule has 1 aromatic rings. The summed E-state index contributed by atoms with van der Waals surface area (Å²) in [6.07, 6.45) is 3.12. The Kier molecular flexibility index (Phi) is 8.30. The third-order valence-electron chi connectivity index (χ3n) is 4.59. The highest BCUT2D eigenvalue weighted by atomic mass is 35.5.